The fourth-order valence-electron chi connectivity index (χ4n) is 2.58. The molecule has 3 rings (SSSR count). The second-order valence-electron chi connectivity index (χ2n) is 5.79. The van der Waals surface area contributed by atoms with Crippen molar-refractivity contribution in [3.05, 3.63) is 40.6 Å². The molecule has 0 bridgehead atoms. The maximum atomic E-state index is 12.3. The van der Waals surface area contributed by atoms with Gasteiger partial charge in [-0.25, -0.2) is 0 Å². The fraction of sp³-hybridized carbons (Fsp3) is 0.316. The molecule has 6 nitrogen and oxygen atoms in total. The molecular formula is C19H22N4O2S2. The molecule has 0 aliphatic carbocycles. The number of benzene rings is 1. The Morgan fingerprint density at radius 2 is 2.04 bits per heavy atom. The largest absolute Gasteiger partial charge is 0.494 e. The van der Waals surface area contributed by atoms with Gasteiger partial charge in [-0.05, 0) is 51.1 Å². The van der Waals surface area contributed by atoms with Crippen LogP contribution in [0.15, 0.2) is 40.9 Å². The average Bonchev–Trinajstić information content (AvgIpc) is 3.27. The molecule has 0 aliphatic heterocycles. The first-order chi connectivity index (χ1) is 13.1. The highest BCUT2D eigenvalue weighted by atomic mass is 32.2. The topological polar surface area (TPSA) is 69.0 Å². The van der Waals surface area contributed by atoms with Crippen molar-refractivity contribution >= 4 is 34.7 Å². The Hall–Kier alpha value is -2.32. The van der Waals surface area contributed by atoms with Crippen molar-refractivity contribution in [2.24, 2.45) is 0 Å². The summed E-state index contributed by atoms with van der Waals surface area (Å²) in [6.07, 6.45) is 0. The Kier molecular flexibility index (Phi) is 6.52. The molecule has 1 aromatic carbocycles. The maximum absolute atomic E-state index is 12.3. The number of nitrogens with zero attached hydrogens (tertiary/aromatic N) is 3. The molecular weight excluding hydrogens is 380 g/mol. The van der Waals surface area contributed by atoms with Gasteiger partial charge in [0.15, 0.2) is 11.0 Å². The number of thiophene rings is 1. The van der Waals surface area contributed by atoms with Crippen LogP contribution in [0.1, 0.15) is 18.7 Å². The van der Waals surface area contributed by atoms with E-state index in [9.17, 15) is 4.79 Å². The van der Waals surface area contributed by atoms with Crippen molar-refractivity contribution in [3.8, 4) is 17.1 Å². The SMILES string of the molecule is CCOc1ccc(NC(=O)CSc2nnc(-c3csc(C)c3)n2CC)cc1. The number of amides is 1. The lowest BCUT2D eigenvalue weighted by Crippen LogP contribution is -2.14. The third-order valence-corrected chi connectivity index (χ3v) is 5.63. The highest BCUT2D eigenvalue weighted by molar-refractivity contribution is 7.99. The van der Waals surface area contributed by atoms with Gasteiger partial charge in [-0.15, -0.1) is 21.5 Å². The van der Waals surface area contributed by atoms with E-state index in [0.717, 1.165) is 34.5 Å². The first-order valence-corrected chi connectivity index (χ1v) is 10.6. The molecule has 1 N–H and O–H groups in total. The minimum Gasteiger partial charge on any atom is -0.494 e. The minimum absolute atomic E-state index is 0.0808. The van der Waals surface area contributed by atoms with E-state index < -0.39 is 0 Å². The van der Waals surface area contributed by atoms with Gasteiger partial charge in [0.25, 0.3) is 0 Å². The van der Waals surface area contributed by atoms with Crippen LogP contribution in [-0.4, -0.2) is 33.0 Å². The Labute approximate surface area is 167 Å². The zero-order chi connectivity index (χ0) is 19.2. The lowest BCUT2D eigenvalue weighted by atomic mass is 10.3. The molecule has 3 aromatic rings. The predicted octanol–water partition coefficient (Wildman–Crippen LogP) is 4.46. The molecule has 0 radical (unpaired) electrons. The van der Waals surface area contributed by atoms with E-state index in [1.54, 1.807) is 11.3 Å². The molecule has 142 valence electrons. The number of carbonyl (C=O) groups is 1. The summed E-state index contributed by atoms with van der Waals surface area (Å²) in [5.41, 5.74) is 1.81. The van der Waals surface area contributed by atoms with Crippen LogP contribution < -0.4 is 10.1 Å². The molecule has 27 heavy (non-hydrogen) atoms. The second kappa shape index (κ2) is 9.05. The van der Waals surface area contributed by atoms with Gasteiger partial charge in [0, 0.05) is 28.1 Å². The molecule has 0 atom stereocenters. The highest BCUT2D eigenvalue weighted by Crippen LogP contribution is 2.27. The number of aryl methyl sites for hydroxylation is 1. The lowest BCUT2D eigenvalue weighted by Gasteiger charge is -2.08. The van der Waals surface area contributed by atoms with Crippen LogP contribution in [0.25, 0.3) is 11.4 Å². The van der Waals surface area contributed by atoms with Gasteiger partial charge in [-0.3, -0.25) is 4.79 Å². The number of anilines is 1. The third-order valence-electron chi connectivity index (χ3n) is 3.80. The number of hydrogen-bond acceptors (Lipinski definition) is 6. The molecule has 2 aromatic heterocycles. The van der Waals surface area contributed by atoms with Crippen molar-refractivity contribution in [1.82, 2.24) is 14.8 Å². The van der Waals surface area contributed by atoms with E-state index in [4.69, 9.17) is 4.74 Å². The summed E-state index contributed by atoms with van der Waals surface area (Å²) in [6.45, 7) is 7.43. The zero-order valence-electron chi connectivity index (χ0n) is 15.6. The summed E-state index contributed by atoms with van der Waals surface area (Å²) in [7, 11) is 0. The Balaban J connectivity index is 1.61. The molecule has 0 saturated heterocycles. The highest BCUT2D eigenvalue weighted by Gasteiger charge is 2.15. The van der Waals surface area contributed by atoms with Gasteiger partial charge in [-0.1, -0.05) is 11.8 Å². The van der Waals surface area contributed by atoms with E-state index >= 15 is 0 Å². The lowest BCUT2D eigenvalue weighted by molar-refractivity contribution is -0.113. The van der Waals surface area contributed by atoms with Crippen LogP contribution >= 0.6 is 23.1 Å². The standard InChI is InChI=1S/C19H22N4O2S2/c1-4-23-18(14-10-13(3)26-11-14)21-22-19(23)27-12-17(24)20-15-6-8-16(9-7-15)25-5-2/h6-11H,4-5,12H2,1-3H3,(H,20,24). The van der Waals surface area contributed by atoms with Gasteiger partial charge in [0.2, 0.25) is 5.91 Å². The van der Waals surface area contributed by atoms with Crippen molar-refractivity contribution < 1.29 is 9.53 Å². The summed E-state index contributed by atoms with van der Waals surface area (Å²) in [6, 6.07) is 9.45. The molecule has 1 amide bonds. The number of carbonyl (C=O) groups excluding carboxylic acids is 1. The van der Waals surface area contributed by atoms with E-state index in [0.29, 0.717) is 6.61 Å². The first kappa shape index (κ1) is 19.4. The first-order valence-electron chi connectivity index (χ1n) is 8.75. The summed E-state index contributed by atoms with van der Waals surface area (Å²) >= 11 is 3.08. The molecule has 0 spiro atoms. The summed E-state index contributed by atoms with van der Waals surface area (Å²) in [4.78, 5) is 13.5. The number of aromatic nitrogens is 3. The van der Waals surface area contributed by atoms with Crippen molar-refractivity contribution in [2.45, 2.75) is 32.5 Å². The van der Waals surface area contributed by atoms with E-state index in [1.165, 1.54) is 16.6 Å². The molecule has 0 aliphatic rings. The Bertz CT molecular complexity index is 903. The third kappa shape index (κ3) is 4.90. The van der Waals surface area contributed by atoms with Crippen LogP contribution in [0.5, 0.6) is 5.75 Å². The predicted molar refractivity (Wildman–Crippen MR) is 111 cm³/mol. The number of hydrogen-bond donors (Lipinski definition) is 1. The van der Waals surface area contributed by atoms with Gasteiger partial charge in [-0.2, -0.15) is 0 Å². The van der Waals surface area contributed by atoms with Gasteiger partial charge < -0.3 is 14.6 Å². The fourth-order valence-corrected chi connectivity index (χ4v) is 4.07. The summed E-state index contributed by atoms with van der Waals surface area (Å²) in [5.74, 6) is 1.82. The summed E-state index contributed by atoms with van der Waals surface area (Å²) in [5, 5.41) is 14.3. The summed E-state index contributed by atoms with van der Waals surface area (Å²) < 4.78 is 7.44. The van der Waals surface area contributed by atoms with Gasteiger partial charge >= 0.3 is 0 Å². The van der Waals surface area contributed by atoms with E-state index in [-0.39, 0.29) is 11.7 Å². The van der Waals surface area contributed by atoms with Gasteiger partial charge in [0.05, 0.1) is 12.4 Å². The molecule has 8 heteroatoms. The molecule has 0 fully saturated rings. The van der Waals surface area contributed by atoms with E-state index in [2.05, 4.69) is 40.8 Å². The average molecular weight is 403 g/mol. The number of thioether (sulfide) groups is 1. The number of ether oxygens (including phenoxy) is 1. The van der Waals surface area contributed by atoms with E-state index in [1.807, 2.05) is 35.8 Å². The van der Waals surface area contributed by atoms with Crippen LogP contribution in [-0.2, 0) is 11.3 Å². The van der Waals surface area contributed by atoms with Crippen LogP contribution in [0.2, 0.25) is 0 Å². The quantitative estimate of drug-likeness (QED) is 0.563. The van der Waals surface area contributed by atoms with Crippen LogP contribution in [0, 0.1) is 6.92 Å². The van der Waals surface area contributed by atoms with Gasteiger partial charge in [0.1, 0.15) is 5.75 Å². The van der Waals surface area contributed by atoms with Crippen molar-refractivity contribution in [1.29, 1.82) is 0 Å². The number of rotatable bonds is 8. The second-order valence-corrected chi connectivity index (χ2v) is 7.85. The molecule has 0 saturated carbocycles. The minimum atomic E-state index is -0.0808. The van der Waals surface area contributed by atoms with Crippen molar-refractivity contribution in [2.75, 3.05) is 17.7 Å². The Morgan fingerprint density at radius 1 is 1.26 bits per heavy atom. The monoisotopic (exact) mass is 402 g/mol. The zero-order valence-corrected chi connectivity index (χ0v) is 17.2. The van der Waals surface area contributed by atoms with Crippen LogP contribution in [0.4, 0.5) is 5.69 Å². The van der Waals surface area contributed by atoms with Crippen LogP contribution in [0.3, 0.4) is 0 Å². The number of nitrogens with one attached hydrogen (secondary N) is 1. The smallest absolute Gasteiger partial charge is 0.234 e. The van der Waals surface area contributed by atoms with Crippen molar-refractivity contribution in [3.63, 3.8) is 0 Å². The molecule has 0 unspecified atom stereocenters. The Morgan fingerprint density at radius 3 is 2.67 bits per heavy atom. The molecule has 2 heterocycles. The maximum Gasteiger partial charge on any atom is 0.234 e. The normalized spacial score (nSPS) is 10.8.